The molecule has 2 rings (SSSR count). The zero-order chi connectivity index (χ0) is 11.6. The fraction of sp³-hybridized carbons (Fsp3) is 0.583. The fourth-order valence-corrected chi connectivity index (χ4v) is 2.86. The molecule has 1 unspecified atom stereocenters. The zero-order valence-corrected chi connectivity index (χ0v) is 11.1. The summed E-state index contributed by atoms with van der Waals surface area (Å²) in [4.78, 5) is 0. The molecule has 1 N–H and O–H groups in total. The number of aliphatic hydroxyl groups is 1. The van der Waals surface area contributed by atoms with Crippen LogP contribution in [0.3, 0.4) is 0 Å². The van der Waals surface area contributed by atoms with Crippen molar-refractivity contribution in [3.63, 3.8) is 0 Å². The van der Waals surface area contributed by atoms with Crippen molar-refractivity contribution < 1.29 is 5.11 Å². The van der Waals surface area contributed by atoms with Crippen LogP contribution in [0.1, 0.15) is 38.3 Å². The number of hydrogen-bond donors (Lipinski definition) is 1. The van der Waals surface area contributed by atoms with Crippen LogP contribution in [0, 0.1) is 0 Å². The lowest BCUT2D eigenvalue weighted by atomic mass is 9.88. The van der Waals surface area contributed by atoms with Crippen LogP contribution in [0.25, 0.3) is 0 Å². The molecule has 0 radical (unpaired) electrons. The standard InChI is InChI=1S/C12H17BrN2O/c1-2-8-15-11(10(13)9-14-15)12(16)6-4-3-5-7-12/h4,6,9,16H,2-3,5,7-8H2,1H3. The molecule has 0 fully saturated rings. The highest BCUT2D eigenvalue weighted by Gasteiger charge is 2.33. The van der Waals surface area contributed by atoms with Gasteiger partial charge in [0.1, 0.15) is 5.60 Å². The SMILES string of the molecule is CCCn1ncc(Br)c1C1(O)C=CCCC1. The van der Waals surface area contributed by atoms with Crippen LogP contribution in [0.5, 0.6) is 0 Å². The summed E-state index contributed by atoms with van der Waals surface area (Å²) in [7, 11) is 0. The van der Waals surface area contributed by atoms with Crippen LogP contribution in [0.15, 0.2) is 22.8 Å². The summed E-state index contributed by atoms with van der Waals surface area (Å²) in [5.41, 5.74) is 0.0493. The lowest BCUT2D eigenvalue weighted by Gasteiger charge is -2.28. The Morgan fingerprint density at radius 2 is 2.44 bits per heavy atom. The molecule has 1 atom stereocenters. The van der Waals surface area contributed by atoms with Gasteiger partial charge in [-0.15, -0.1) is 0 Å². The molecule has 1 aliphatic carbocycles. The van der Waals surface area contributed by atoms with Gasteiger partial charge >= 0.3 is 0 Å². The van der Waals surface area contributed by atoms with Gasteiger partial charge in [-0.05, 0) is 41.6 Å². The first kappa shape index (κ1) is 11.9. The van der Waals surface area contributed by atoms with E-state index in [0.717, 1.165) is 42.4 Å². The molecule has 0 bridgehead atoms. The third-order valence-electron chi connectivity index (χ3n) is 2.96. The van der Waals surface area contributed by atoms with Gasteiger partial charge in [0, 0.05) is 6.54 Å². The van der Waals surface area contributed by atoms with Crippen molar-refractivity contribution >= 4 is 15.9 Å². The van der Waals surface area contributed by atoms with E-state index in [1.54, 1.807) is 6.20 Å². The predicted molar refractivity (Wildman–Crippen MR) is 67.1 cm³/mol. The summed E-state index contributed by atoms with van der Waals surface area (Å²) in [5, 5.41) is 14.9. The summed E-state index contributed by atoms with van der Waals surface area (Å²) in [5.74, 6) is 0. The van der Waals surface area contributed by atoms with E-state index < -0.39 is 5.60 Å². The Hall–Kier alpha value is -0.610. The Balaban J connectivity index is 2.41. The average Bonchev–Trinajstić information content (AvgIpc) is 2.62. The molecule has 0 saturated heterocycles. The highest BCUT2D eigenvalue weighted by atomic mass is 79.9. The normalized spacial score (nSPS) is 24.9. The molecule has 3 nitrogen and oxygen atoms in total. The smallest absolute Gasteiger partial charge is 0.125 e. The van der Waals surface area contributed by atoms with E-state index in [9.17, 15) is 5.11 Å². The second-order valence-corrected chi connectivity index (χ2v) is 5.14. The number of hydrogen-bond acceptors (Lipinski definition) is 2. The molecular formula is C12H17BrN2O. The lowest BCUT2D eigenvalue weighted by molar-refractivity contribution is 0.0620. The maximum absolute atomic E-state index is 10.6. The van der Waals surface area contributed by atoms with Crippen molar-refractivity contribution in [2.24, 2.45) is 0 Å². The Bertz CT molecular complexity index is 400. The van der Waals surface area contributed by atoms with E-state index in [2.05, 4.69) is 34.0 Å². The van der Waals surface area contributed by atoms with Gasteiger partial charge in [-0.3, -0.25) is 4.68 Å². The molecule has 0 spiro atoms. The van der Waals surface area contributed by atoms with E-state index in [1.807, 2.05) is 10.8 Å². The van der Waals surface area contributed by atoms with Gasteiger partial charge in [-0.2, -0.15) is 5.10 Å². The number of aromatic nitrogens is 2. The molecule has 1 aliphatic rings. The van der Waals surface area contributed by atoms with Gasteiger partial charge in [0.25, 0.3) is 0 Å². The molecule has 0 aliphatic heterocycles. The first-order valence-electron chi connectivity index (χ1n) is 5.79. The van der Waals surface area contributed by atoms with Crippen LogP contribution >= 0.6 is 15.9 Å². The van der Waals surface area contributed by atoms with E-state index in [1.165, 1.54) is 0 Å². The second kappa shape index (κ2) is 4.72. The number of allylic oxidation sites excluding steroid dienone is 1. The maximum atomic E-state index is 10.6. The van der Waals surface area contributed by atoms with Crippen LogP contribution < -0.4 is 0 Å². The van der Waals surface area contributed by atoms with Crippen molar-refractivity contribution in [2.75, 3.05) is 0 Å². The molecule has 1 aromatic rings. The quantitative estimate of drug-likeness (QED) is 0.867. The number of nitrogens with zero attached hydrogens (tertiary/aromatic N) is 2. The first-order valence-corrected chi connectivity index (χ1v) is 6.58. The summed E-state index contributed by atoms with van der Waals surface area (Å²) in [6.45, 7) is 2.96. The minimum atomic E-state index is -0.844. The fourth-order valence-electron chi connectivity index (χ4n) is 2.22. The summed E-state index contributed by atoms with van der Waals surface area (Å²) in [6.07, 6.45) is 9.60. The van der Waals surface area contributed by atoms with Gasteiger partial charge in [0.15, 0.2) is 0 Å². The predicted octanol–water partition coefficient (Wildman–Crippen LogP) is 2.98. The van der Waals surface area contributed by atoms with E-state index in [0.29, 0.717) is 0 Å². The molecule has 1 heterocycles. The van der Waals surface area contributed by atoms with Crippen LogP contribution in [-0.4, -0.2) is 14.9 Å². The topological polar surface area (TPSA) is 38.0 Å². The maximum Gasteiger partial charge on any atom is 0.125 e. The van der Waals surface area contributed by atoms with Gasteiger partial charge < -0.3 is 5.11 Å². The lowest BCUT2D eigenvalue weighted by Crippen LogP contribution is -2.29. The molecule has 0 amide bonds. The van der Waals surface area contributed by atoms with E-state index >= 15 is 0 Å². The zero-order valence-electron chi connectivity index (χ0n) is 9.49. The largest absolute Gasteiger partial charge is 0.379 e. The highest BCUT2D eigenvalue weighted by molar-refractivity contribution is 9.10. The van der Waals surface area contributed by atoms with E-state index in [-0.39, 0.29) is 0 Å². The third-order valence-corrected chi connectivity index (χ3v) is 3.54. The first-order chi connectivity index (χ1) is 7.67. The average molecular weight is 285 g/mol. The molecule has 1 aromatic heterocycles. The van der Waals surface area contributed by atoms with E-state index in [4.69, 9.17) is 0 Å². The van der Waals surface area contributed by atoms with Crippen LogP contribution in [0.4, 0.5) is 0 Å². The molecule has 0 aromatic carbocycles. The Morgan fingerprint density at radius 1 is 1.62 bits per heavy atom. The van der Waals surface area contributed by atoms with Gasteiger partial charge in [0.05, 0.1) is 16.4 Å². The molecular weight excluding hydrogens is 268 g/mol. The summed E-state index contributed by atoms with van der Waals surface area (Å²) < 4.78 is 2.80. The monoisotopic (exact) mass is 284 g/mol. The highest BCUT2D eigenvalue weighted by Crippen LogP contribution is 2.36. The summed E-state index contributed by atoms with van der Waals surface area (Å²) in [6, 6.07) is 0. The minimum Gasteiger partial charge on any atom is -0.379 e. The van der Waals surface area contributed by atoms with Gasteiger partial charge in [-0.25, -0.2) is 0 Å². The van der Waals surface area contributed by atoms with Crippen molar-refractivity contribution in [1.29, 1.82) is 0 Å². The third kappa shape index (κ3) is 2.09. The Morgan fingerprint density at radius 3 is 3.06 bits per heavy atom. The number of halogens is 1. The van der Waals surface area contributed by atoms with Crippen molar-refractivity contribution in [3.05, 3.63) is 28.5 Å². The Labute approximate surface area is 104 Å². The van der Waals surface area contributed by atoms with Crippen LogP contribution in [-0.2, 0) is 12.1 Å². The molecule has 4 heteroatoms. The Kier molecular flexibility index (Phi) is 3.50. The molecule has 16 heavy (non-hydrogen) atoms. The minimum absolute atomic E-state index is 0.775. The van der Waals surface area contributed by atoms with Gasteiger partial charge in [0.2, 0.25) is 0 Å². The summed E-state index contributed by atoms with van der Waals surface area (Å²) >= 11 is 3.48. The van der Waals surface area contributed by atoms with Gasteiger partial charge in [-0.1, -0.05) is 19.1 Å². The number of aryl methyl sites for hydroxylation is 1. The van der Waals surface area contributed by atoms with Crippen molar-refractivity contribution in [1.82, 2.24) is 9.78 Å². The second-order valence-electron chi connectivity index (χ2n) is 4.28. The molecule has 88 valence electrons. The van der Waals surface area contributed by atoms with Crippen molar-refractivity contribution in [2.45, 2.75) is 44.8 Å². The number of rotatable bonds is 3. The molecule has 0 saturated carbocycles. The van der Waals surface area contributed by atoms with Crippen LogP contribution in [0.2, 0.25) is 0 Å². The van der Waals surface area contributed by atoms with Crippen molar-refractivity contribution in [3.8, 4) is 0 Å².